The Morgan fingerprint density at radius 2 is 2.20 bits per heavy atom. The largest absolute Gasteiger partial charge is 0.321 e. The molecule has 0 atom stereocenters. The van der Waals surface area contributed by atoms with Crippen molar-refractivity contribution >= 4 is 11.0 Å². The first-order chi connectivity index (χ1) is 9.63. The van der Waals surface area contributed by atoms with Gasteiger partial charge in [0.05, 0.1) is 0 Å². The van der Waals surface area contributed by atoms with Gasteiger partial charge in [0.15, 0.2) is 5.65 Å². The van der Waals surface area contributed by atoms with Crippen molar-refractivity contribution < 1.29 is 0 Å². The maximum atomic E-state index is 12.5. The van der Waals surface area contributed by atoms with Crippen molar-refractivity contribution in [1.29, 1.82) is 0 Å². The number of aromatic nitrogens is 2. The molecule has 0 saturated carbocycles. The van der Waals surface area contributed by atoms with Crippen LogP contribution >= 0.6 is 0 Å². The number of aryl methyl sites for hydroxylation is 1. The molecule has 0 saturated heterocycles. The number of hydrogen-bond acceptors (Lipinski definition) is 3. The maximum absolute atomic E-state index is 12.5. The molecule has 0 aliphatic rings. The van der Waals surface area contributed by atoms with E-state index in [0.29, 0.717) is 11.6 Å². The standard InChI is InChI=1S/C16H23N3O/c1-4-6-14-11-13-7-5-9-17-15(13)19(16(14)20)18-10-8-12(2)3/h5,7,9,11-12,18H,4,6,8,10H2,1-3H3. The third-order valence-corrected chi connectivity index (χ3v) is 3.35. The van der Waals surface area contributed by atoms with Crippen LogP contribution in [0.1, 0.15) is 39.2 Å². The zero-order valence-electron chi connectivity index (χ0n) is 12.5. The third-order valence-electron chi connectivity index (χ3n) is 3.35. The summed E-state index contributed by atoms with van der Waals surface area (Å²) in [5.41, 5.74) is 4.82. The molecular formula is C16H23N3O. The topological polar surface area (TPSA) is 46.9 Å². The molecule has 2 aromatic rings. The van der Waals surface area contributed by atoms with Crippen LogP contribution in [0.3, 0.4) is 0 Å². The van der Waals surface area contributed by atoms with Crippen LogP contribution in [0.15, 0.2) is 29.2 Å². The number of hydrogen-bond donors (Lipinski definition) is 1. The summed E-state index contributed by atoms with van der Waals surface area (Å²) in [4.78, 5) is 16.9. The van der Waals surface area contributed by atoms with E-state index >= 15 is 0 Å². The first kappa shape index (κ1) is 14.6. The Balaban J connectivity index is 2.43. The van der Waals surface area contributed by atoms with E-state index in [1.807, 2.05) is 18.2 Å². The van der Waals surface area contributed by atoms with Crippen molar-refractivity contribution in [1.82, 2.24) is 9.66 Å². The van der Waals surface area contributed by atoms with Gasteiger partial charge in [0.2, 0.25) is 0 Å². The highest BCUT2D eigenvalue weighted by Gasteiger charge is 2.09. The number of nitrogens with zero attached hydrogens (tertiary/aromatic N) is 2. The minimum Gasteiger partial charge on any atom is -0.321 e. The lowest BCUT2D eigenvalue weighted by Gasteiger charge is -2.14. The van der Waals surface area contributed by atoms with Crippen molar-refractivity contribution in [2.24, 2.45) is 5.92 Å². The summed E-state index contributed by atoms with van der Waals surface area (Å²) in [6.07, 6.45) is 4.52. The molecule has 0 unspecified atom stereocenters. The van der Waals surface area contributed by atoms with Crippen LogP contribution in [0.2, 0.25) is 0 Å². The highest BCUT2D eigenvalue weighted by molar-refractivity contribution is 5.75. The highest BCUT2D eigenvalue weighted by Crippen LogP contribution is 2.11. The van der Waals surface area contributed by atoms with E-state index in [4.69, 9.17) is 0 Å². The number of rotatable bonds is 6. The molecule has 2 heterocycles. The quantitative estimate of drug-likeness (QED) is 0.880. The Bertz CT molecular complexity index is 631. The van der Waals surface area contributed by atoms with Crippen molar-refractivity contribution in [3.8, 4) is 0 Å². The fourth-order valence-electron chi connectivity index (χ4n) is 2.26. The second kappa shape index (κ2) is 6.55. The number of fused-ring (bicyclic) bond motifs is 1. The average Bonchev–Trinajstić information content (AvgIpc) is 2.42. The molecule has 0 amide bonds. The molecule has 0 aliphatic heterocycles. The van der Waals surface area contributed by atoms with E-state index in [1.54, 1.807) is 10.9 Å². The van der Waals surface area contributed by atoms with Gasteiger partial charge < -0.3 is 5.43 Å². The molecule has 0 spiro atoms. The van der Waals surface area contributed by atoms with Crippen LogP contribution < -0.4 is 11.0 Å². The molecule has 2 rings (SSSR count). The zero-order chi connectivity index (χ0) is 14.5. The Morgan fingerprint density at radius 1 is 1.40 bits per heavy atom. The number of pyridine rings is 2. The summed E-state index contributed by atoms with van der Waals surface area (Å²) in [5.74, 6) is 0.608. The summed E-state index contributed by atoms with van der Waals surface area (Å²) in [6, 6.07) is 5.87. The van der Waals surface area contributed by atoms with E-state index in [-0.39, 0.29) is 5.56 Å². The molecule has 108 valence electrons. The van der Waals surface area contributed by atoms with E-state index in [1.165, 1.54) is 0 Å². The molecule has 0 fully saturated rings. The van der Waals surface area contributed by atoms with Gasteiger partial charge in [-0.15, -0.1) is 0 Å². The Hall–Kier alpha value is -1.84. The molecule has 4 nitrogen and oxygen atoms in total. The summed E-state index contributed by atoms with van der Waals surface area (Å²) >= 11 is 0. The van der Waals surface area contributed by atoms with Gasteiger partial charge in [-0.2, -0.15) is 0 Å². The van der Waals surface area contributed by atoms with Gasteiger partial charge >= 0.3 is 0 Å². The molecule has 2 aromatic heterocycles. The van der Waals surface area contributed by atoms with Crippen LogP contribution in [0.5, 0.6) is 0 Å². The molecule has 0 aliphatic carbocycles. The zero-order valence-corrected chi connectivity index (χ0v) is 12.5. The fraction of sp³-hybridized carbons (Fsp3) is 0.500. The van der Waals surface area contributed by atoms with E-state index in [0.717, 1.165) is 36.8 Å². The van der Waals surface area contributed by atoms with Gasteiger partial charge in [-0.25, -0.2) is 9.66 Å². The van der Waals surface area contributed by atoms with Gasteiger partial charge in [0, 0.05) is 23.7 Å². The van der Waals surface area contributed by atoms with E-state index in [9.17, 15) is 4.79 Å². The maximum Gasteiger partial charge on any atom is 0.274 e. The Morgan fingerprint density at radius 3 is 2.90 bits per heavy atom. The lowest BCUT2D eigenvalue weighted by Crippen LogP contribution is -2.33. The van der Waals surface area contributed by atoms with Gasteiger partial charge in [-0.05, 0) is 37.0 Å². The van der Waals surface area contributed by atoms with Crippen molar-refractivity contribution in [2.45, 2.75) is 40.0 Å². The number of nitrogens with one attached hydrogen (secondary N) is 1. The molecule has 0 aromatic carbocycles. The van der Waals surface area contributed by atoms with Gasteiger partial charge in [0.25, 0.3) is 5.56 Å². The Kier molecular flexibility index (Phi) is 4.77. The smallest absolute Gasteiger partial charge is 0.274 e. The molecular weight excluding hydrogens is 250 g/mol. The second-order valence-electron chi connectivity index (χ2n) is 5.57. The van der Waals surface area contributed by atoms with Crippen molar-refractivity contribution in [3.63, 3.8) is 0 Å². The molecule has 20 heavy (non-hydrogen) atoms. The van der Waals surface area contributed by atoms with Gasteiger partial charge in [-0.1, -0.05) is 27.2 Å². The SMILES string of the molecule is CCCc1cc2cccnc2n(NCCC(C)C)c1=O. The second-order valence-corrected chi connectivity index (χ2v) is 5.57. The summed E-state index contributed by atoms with van der Waals surface area (Å²) in [7, 11) is 0. The van der Waals surface area contributed by atoms with Gasteiger partial charge in [-0.3, -0.25) is 4.79 Å². The average molecular weight is 273 g/mol. The van der Waals surface area contributed by atoms with Crippen molar-refractivity contribution in [3.05, 3.63) is 40.3 Å². The monoisotopic (exact) mass is 273 g/mol. The van der Waals surface area contributed by atoms with E-state index in [2.05, 4.69) is 31.2 Å². The minimum absolute atomic E-state index is 0.0295. The van der Waals surface area contributed by atoms with Crippen LogP contribution in [0.25, 0.3) is 11.0 Å². The highest BCUT2D eigenvalue weighted by atomic mass is 16.1. The van der Waals surface area contributed by atoms with Crippen LogP contribution in [0, 0.1) is 5.92 Å². The third kappa shape index (κ3) is 3.18. The summed E-state index contributed by atoms with van der Waals surface area (Å²) < 4.78 is 1.61. The molecule has 0 bridgehead atoms. The predicted octanol–water partition coefficient (Wildman–Crippen LogP) is 2.94. The van der Waals surface area contributed by atoms with Crippen LogP contribution in [-0.4, -0.2) is 16.2 Å². The summed E-state index contributed by atoms with van der Waals surface area (Å²) in [5, 5.41) is 1.01. The van der Waals surface area contributed by atoms with Crippen LogP contribution in [0.4, 0.5) is 0 Å². The first-order valence-electron chi connectivity index (χ1n) is 7.37. The summed E-state index contributed by atoms with van der Waals surface area (Å²) in [6.45, 7) is 7.21. The first-order valence-corrected chi connectivity index (χ1v) is 7.37. The fourth-order valence-corrected chi connectivity index (χ4v) is 2.26. The lowest BCUT2D eigenvalue weighted by molar-refractivity contribution is 0.587. The molecule has 4 heteroatoms. The Labute approximate surface area is 119 Å². The van der Waals surface area contributed by atoms with E-state index < -0.39 is 0 Å². The van der Waals surface area contributed by atoms with Crippen molar-refractivity contribution in [2.75, 3.05) is 12.0 Å². The normalized spacial score (nSPS) is 11.2. The molecule has 0 radical (unpaired) electrons. The molecule has 1 N–H and O–H groups in total. The van der Waals surface area contributed by atoms with Crippen LogP contribution in [-0.2, 0) is 6.42 Å². The lowest BCUT2D eigenvalue weighted by atomic mass is 10.1. The predicted molar refractivity (Wildman–Crippen MR) is 83.7 cm³/mol. The van der Waals surface area contributed by atoms with Gasteiger partial charge in [0.1, 0.15) is 0 Å². The minimum atomic E-state index is 0.0295.